The van der Waals surface area contributed by atoms with Gasteiger partial charge in [0.05, 0.1) is 17.4 Å². The molecule has 6 nitrogen and oxygen atoms in total. The number of nitrogens with zero attached hydrogens (tertiary/aromatic N) is 3. The fraction of sp³-hybridized carbons (Fsp3) is 0.105. The number of carbonyl (C=O) groups is 1. The summed E-state index contributed by atoms with van der Waals surface area (Å²) in [5, 5.41) is 3.71. The molecule has 0 spiro atoms. The van der Waals surface area contributed by atoms with Crippen LogP contribution in [-0.2, 0) is 7.05 Å². The van der Waals surface area contributed by atoms with Crippen LogP contribution in [0.1, 0.15) is 27.8 Å². The van der Waals surface area contributed by atoms with Gasteiger partial charge in [-0.15, -0.1) is 0 Å². The molecule has 0 radical (unpaired) electrons. The lowest BCUT2D eigenvalue weighted by Crippen LogP contribution is -2.31. The Labute approximate surface area is 154 Å². The van der Waals surface area contributed by atoms with E-state index in [1.165, 1.54) is 0 Å². The number of nitrogens with one attached hydrogen (secondary N) is 2. The molecular formula is C19H16ClN5O. The summed E-state index contributed by atoms with van der Waals surface area (Å²) >= 11 is 6.00. The van der Waals surface area contributed by atoms with Gasteiger partial charge in [-0.3, -0.25) is 4.79 Å². The van der Waals surface area contributed by atoms with Crippen LogP contribution in [0, 0.1) is 0 Å². The van der Waals surface area contributed by atoms with Crippen molar-refractivity contribution in [3.8, 4) is 0 Å². The Morgan fingerprint density at radius 1 is 1.19 bits per heavy atom. The fourth-order valence-electron chi connectivity index (χ4n) is 2.90. The highest BCUT2D eigenvalue weighted by molar-refractivity contribution is 6.30. The average molecular weight is 366 g/mol. The Morgan fingerprint density at radius 2 is 2.00 bits per heavy atom. The summed E-state index contributed by atoms with van der Waals surface area (Å²) in [4.78, 5) is 24.5. The van der Waals surface area contributed by atoms with Crippen LogP contribution in [0.3, 0.4) is 0 Å². The van der Waals surface area contributed by atoms with E-state index in [0.717, 1.165) is 22.4 Å². The zero-order chi connectivity index (χ0) is 18.1. The summed E-state index contributed by atoms with van der Waals surface area (Å²) in [6.07, 6.45) is 5.17. The monoisotopic (exact) mass is 365 g/mol. The van der Waals surface area contributed by atoms with E-state index in [-0.39, 0.29) is 5.91 Å². The highest BCUT2D eigenvalue weighted by Gasteiger charge is 2.21. The molecule has 1 amide bonds. The topological polar surface area (TPSA) is 75.6 Å². The van der Waals surface area contributed by atoms with Gasteiger partial charge in [-0.2, -0.15) is 0 Å². The molecule has 4 rings (SSSR count). The number of aryl methyl sites for hydroxylation is 1. The molecule has 0 aliphatic carbocycles. The van der Waals surface area contributed by atoms with Gasteiger partial charge in [-0.05, 0) is 35.9 Å². The van der Waals surface area contributed by atoms with E-state index >= 15 is 0 Å². The Hall–Kier alpha value is -3.12. The van der Waals surface area contributed by atoms with Crippen molar-refractivity contribution in [2.75, 3.05) is 0 Å². The number of benzene rings is 2. The van der Waals surface area contributed by atoms with Crippen molar-refractivity contribution in [2.45, 2.75) is 6.04 Å². The van der Waals surface area contributed by atoms with Crippen LogP contribution in [0.5, 0.6) is 0 Å². The molecule has 2 N–H and O–H groups in total. The highest BCUT2D eigenvalue weighted by Crippen LogP contribution is 2.23. The van der Waals surface area contributed by atoms with E-state index in [2.05, 4.69) is 20.3 Å². The van der Waals surface area contributed by atoms with Crippen LogP contribution in [0.25, 0.3) is 11.0 Å². The summed E-state index contributed by atoms with van der Waals surface area (Å²) in [6.45, 7) is 0. The average Bonchev–Trinajstić information content (AvgIpc) is 3.28. The predicted molar refractivity (Wildman–Crippen MR) is 100 cm³/mol. The minimum atomic E-state index is -0.391. The first-order valence-corrected chi connectivity index (χ1v) is 8.46. The van der Waals surface area contributed by atoms with Crippen molar-refractivity contribution < 1.29 is 4.79 Å². The van der Waals surface area contributed by atoms with Gasteiger partial charge < -0.3 is 14.9 Å². The normalized spacial score (nSPS) is 12.2. The number of halogens is 1. The summed E-state index contributed by atoms with van der Waals surface area (Å²) in [7, 11) is 1.90. The number of carbonyl (C=O) groups excluding carboxylic acids is 1. The van der Waals surface area contributed by atoms with E-state index in [4.69, 9.17) is 11.6 Å². The highest BCUT2D eigenvalue weighted by atomic mass is 35.5. The molecule has 0 unspecified atom stereocenters. The molecule has 7 heteroatoms. The van der Waals surface area contributed by atoms with Crippen LogP contribution in [0.2, 0.25) is 5.02 Å². The van der Waals surface area contributed by atoms with Gasteiger partial charge >= 0.3 is 0 Å². The van der Waals surface area contributed by atoms with Crippen molar-refractivity contribution in [1.82, 2.24) is 24.8 Å². The molecule has 0 saturated heterocycles. The maximum atomic E-state index is 12.9. The van der Waals surface area contributed by atoms with Crippen LogP contribution in [0.15, 0.2) is 61.2 Å². The van der Waals surface area contributed by atoms with Crippen molar-refractivity contribution in [3.05, 3.63) is 83.2 Å². The molecule has 2 heterocycles. The van der Waals surface area contributed by atoms with Gasteiger partial charge in [0.25, 0.3) is 5.91 Å². The zero-order valence-electron chi connectivity index (χ0n) is 14.0. The number of hydrogen-bond donors (Lipinski definition) is 2. The van der Waals surface area contributed by atoms with Gasteiger partial charge in [0, 0.05) is 30.0 Å². The fourth-order valence-corrected chi connectivity index (χ4v) is 3.02. The van der Waals surface area contributed by atoms with Crippen molar-refractivity contribution in [3.63, 3.8) is 0 Å². The van der Waals surface area contributed by atoms with Crippen molar-refractivity contribution in [1.29, 1.82) is 0 Å². The SMILES string of the molecule is Cn1ccnc1[C@H](NC(=O)c1ccc2nc[nH]c2c1)c1ccc(Cl)cc1. The smallest absolute Gasteiger partial charge is 0.252 e. The number of aromatic amines is 1. The van der Waals surface area contributed by atoms with Crippen LogP contribution < -0.4 is 5.32 Å². The molecule has 0 aliphatic heterocycles. The molecule has 2 aromatic carbocycles. The molecule has 0 aliphatic rings. The van der Waals surface area contributed by atoms with Crippen LogP contribution >= 0.6 is 11.6 Å². The summed E-state index contributed by atoms with van der Waals surface area (Å²) < 4.78 is 1.89. The van der Waals surface area contributed by atoms with E-state index < -0.39 is 6.04 Å². The van der Waals surface area contributed by atoms with Crippen molar-refractivity contribution in [2.24, 2.45) is 7.05 Å². The third kappa shape index (κ3) is 3.07. The predicted octanol–water partition coefficient (Wildman–Crippen LogP) is 3.47. The van der Waals surface area contributed by atoms with Gasteiger partial charge in [0.15, 0.2) is 0 Å². The Morgan fingerprint density at radius 3 is 2.73 bits per heavy atom. The maximum absolute atomic E-state index is 12.9. The third-order valence-electron chi connectivity index (χ3n) is 4.28. The van der Waals surface area contributed by atoms with Gasteiger partial charge in [-0.1, -0.05) is 23.7 Å². The molecule has 1 atom stereocenters. The zero-order valence-corrected chi connectivity index (χ0v) is 14.7. The number of fused-ring (bicyclic) bond motifs is 1. The largest absolute Gasteiger partial charge is 0.345 e. The molecular weight excluding hydrogens is 350 g/mol. The molecule has 4 aromatic rings. The Balaban J connectivity index is 1.68. The van der Waals surface area contributed by atoms with E-state index in [1.54, 1.807) is 36.8 Å². The Bertz CT molecular complexity index is 1070. The molecule has 0 fully saturated rings. The quantitative estimate of drug-likeness (QED) is 0.581. The van der Waals surface area contributed by atoms with Gasteiger partial charge in [0.2, 0.25) is 0 Å². The molecule has 0 saturated carbocycles. The number of hydrogen-bond acceptors (Lipinski definition) is 3. The molecule has 2 aromatic heterocycles. The molecule has 130 valence electrons. The Kier molecular flexibility index (Phi) is 4.18. The number of H-pyrrole nitrogens is 1. The van der Waals surface area contributed by atoms with E-state index in [1.807, 2.05) is 36.0 Å². The summed E-state index contributed by atoms with van der Waals surface area (Å²) in [5.74, 6) is 0.549. The lowest BCUT2D eigenvalue weighted by atomic mass is 10.1. The summed E-state index contributed by atoms with van der Waals surface area (Å²) in [6, 6.07) is 12.4. The summed E-state index contributed by atoms with van der Waals surface area (Å²) in [5.41, 5.74) is 3.09. The third-order valence-corrected chi connectivity index (χ3v) is 4.53. The number of rotatable bonds is 4. The first-order valence-electron chi connectivity index (χ1n) is 8.08. The lowest BCUT2D eigenvalue weighted by molar-refractivity contribution is 0.0941. The molecule has 0 bridgehead atoms. The van der Waals surface area contributed by atoms with Crippen LogP contribution in [-0.4, -0.2) is 25.4 Å². The first kappa shape index (κ1) is 16.4. The van der Waals surface area contributed by atoms with Crippen LogP contribution in [0.4, 0.5) is 0 Å². The lowest BCUT2D eigenvalue weighted by Gasteiger charge is -2.19. The molecule has 26 heavy (non-hydrogen) atoms. The van der Waals surface area contributed by atoms with Gasteiger partial charge in [0.1, 0.15) is 11.9 Å². The second-order valence-corrected chi connectivity index (χ2v) is 6.43. The standard InChI is InChI=1S/C19H16ClN5O/c1-25-9-8-21-18(25)17(12-2-5-14(20)6-3-12)24-19(26)13-4-7-15-16(10-13)23-11-22-15/h2-11,17H,1H3,(H,22,23)(H,24,26)/t17-/m1/s1. The first-order chi connectivity index (χ1) is 12.6. The minimum Gasteiger partial charge on any atom is -0.345 e. The number of amides is 1. The van der Waals surface area contributed by atoms with E-state index in [0.29, 0.717) is 10.6 Å². The number of imidazole rings is 2. The minimum absolute atomic E-state index is 0.190. The second-order valence-electron chi connectivity index (χ2n) is 5.99. The van der Waals surface area contributed by atoms with Crippen molar-refractivity contribution >= 4 is 28.5 Å². The second kappa shape index (κ2) is 6.65. The maximum Gasteiger partial charge on any atom is 0.252 e. The van der Waals surface area contributed by atoms with E-state index in [9.17, 15) is 4.79 Å². The number of aromatic nitrogens is 4. The van der Waals surface area contributed by atoms with Gasteiger partial charge in [-0.25, -0.2) is 9.97 Å².